The number of hydrogen-bond acceptors (Lipinski definition) is 2. The van der Waals surface area contributed by atoms with Crippen molar-refractivity contribution in [3.8, 4) is 11.1 Å². The van der Waals surface area contributed by atoms with Crippen molar-refractivity contribution in [3.05, 3.63) is 81.6 Å². The van der Waals surface area contributed by atoms with Gasteiger partial charge in [-0.3, -0.25) is 9.78 Å². The SMILES string of the molecule is Cc1cc(-c2cc(NC(=O)c3ccc(Cl)c(Cl)c3)cc(C(F)(F)F)c2)ccn1. The molecule has 0 saturated carbocycles. The lowest BCUT2D eigenvalue weighted by Crippen LogP contribution is -2.13. The molecule has 1 N–H and O–H groups in total. The number of amides is 1. The molecule has 0 bridgehead atoms. The topological polar surface area (TPSA) is 42.0 Å². The van der Waals surface area contributed by atoms with Crippen LogP contribution in [0.1, 0.15) is 21.6 Å². The first-order chi connectivity index (χ1) is 13.1. The minimum Gasteiger partial charge on any atom is -0.322 e. The van der Waals surface area contributed by atoms with Crippen LogP contribution in [0.2, 0.25) is 10.0 Å². The zero-order valence-corrected chi connectivity index (χ0v) is 16.0. The lowest BCUT2D eigenvalue weighted by Gasteiger charge is -2.14. The highest BCUT2D eigenvalue weighted by Gasteiger charge is 2.31. The fourth-order valence-electron chi connectivity index (χ4n) is 2.60. The van der Waals surface area contributed by atoms with E-state index in [9.17, 15) is 18.0 Å². The number of halogens is 5. The minimum atomic E-state index is -4.57. The van der Waals surface area contributed by atoms with Gasteiger partial charge in [0.15, 0.2) is 0 Å². The third-order valence-corrected chi connectivity index (χ3v) is 4.67. The second-order valence-corrected chi connectivity index (χ2v) is 6.88. The molecule has 3 nitrogen and oxygen atoms in total. The van der Waals surface area contributed by atoms with Gasteiger partial charge in [0.1, 0.15) is 0 Å². The summed E-state index contributed by atoms with van der Waals surface area (Å²) in [6, 6.07) is 10.9. The molecule has 0 atom stereocenters. The zero-order chi connectivity index (χ0) is 20.5. The van der Waals surface area contributed by atoms with E-state index in [1.807, 2.05) is 0 Å². The van der Waals surface area contributed by atoms with Crippen LogP contribution < -0.4 is 5.32 Å². The maximum absolute atomic E-state index is 13.3. The Balaban J connectivity index is 2.01. The summed E-state index contributed by atoms with van der Waals surface area (Å²) in [5.74, 6) is -0.602. The molecule has 3 aromatic rings. The molecule has 0 saturated heterocycles. The fourth-order valence-corrected chi connectivity index (χ4v) is 2.89. The summed E-state index contributed by atoms with van der Waals surface area (Å²) >= 11 is 11.7. The predicted octanol–water partition coefficient (Wildman–Crippen LogP) is 6.63. The molecule has 0 spiro atoms. The maximum atomic E-state index is 13.3. The molecule has 0 radical (unpaired) electrons. The van der Waals surface area contributed by atoms with Crippen molar-refractivity contribution in [1.29, 1.82) is 0 Å². The summed E-state index contributed by atoms with van der Waals surface area (Å²) in [6.45, 7) is 1.74. The number of benzene rings is 2. The Hall–Kier alpha value is -2.57. The number of carbonyl (C=O) groups excluding carboxylic acids is 1. The van der Waals surface area contributed by atoms with E-state index in [0.29, 0.717) is 16.8 Å². The summed E-state index contributed by atoms with van der Waals surface area (Å²) in [5.41, 5.74) is 0.845. The highest BCUT2D eigenvalue weighted by Crippen LogP contribution is 2.35. The summed E-state index contributed by atoms with van der Waals surface area (Å²) < 4.78 is 40.0. The highest BCUT2D eigenvalue weighted by molar-refractivity contribution is 6.42. The number of carbonyl (C=O) groups is 1. The normalized spacial score (nSPS) is 11.4. The molecule has 0 aliphatic rings. The van der Waals surface area contributed by atoms with Gasteiger partial charge in [-0.25, -0.2) is 0 Å². The van der Waals surface area contributed by atoms with E-state index in [1.165, 1.54) is 30.5 Å². The van der Waals surface area contributed by atoms with E-state index in [1.54, 1.807) is 19.1 Å². The van der Waals surface area contributed by atoms with Crippen LogP contribution in [0.5, 0.6) is 0 Å². The number of hydrogen-bond donors (Lipinski definition) is 1. The quantitative estimate of drug-likeness (QED) is 0.512. The molecule has 1 heterocycles. The molecule has 2 aromatic carbocycles. The summed E-state index contributed by atoms with van der Waals surface area (Å²) in [6.07, 6.45) is -3.06. The Bertz CT molecular complexity index is 1050. The average Bonchev–Trinajstić information content (AvgIpc) is 2.63. The van der Waals surface area contributed by atoms with Crippen molar-refractivity contribution in [1.82, 2.24) is 4.98 Å². The molecule has 0 aliphatic carbocycles. The number of anilines is 1. The Morgan fingerprint density at radius 3 is 2.36 bits per heavy atom. The highest BCUT2D eigenvalue weighted by atomic mass is 35.5. The van der Waals surface area contributed by atoms with Crippen LogP contribution in [0.4, 0.5) is 18.9 Å². The van der Waals surface area contributed by atoms with Crippen LogP contribution in [0.15, 0.2) is 54.7 Å². The number of aromatic nitrogens is 1. The number of nitrogens with zero attached hydrogens (tertiary/aromatic N) is 1. The second kappa shape index (κ2) is 7.81. The predicted molar refractivity (Wildman–Crippen MR) is 104 cm³/mol. The molecule has 1 aromatic heterocycles. The summed E-state index contributed by atoms with van der Waals surface area (Å²) in [4.78, 5) is 16.5. The van der Waals surface area contributed by atoms with Gasteiger partial charge in [0.05, 0.1) is 15.6 Å². The van der Waals surface area contributed by atoms with E-state index in [0.717, 1.165) is 12.1 Å². The maximum Gasteiger partial charge on any atom is 0.416 e. The van der Waals surface area contributed by atoms with Crippen LogP contribution in [0.3, 0.4) is 0 Å². The zero-order valence-electron chi connectivity index (χ0n) is 14.4. The van der Waals surface area contributed by atoms with Crippen LogP contribution >= 0.6 is 23.2 Å². The molecule has 0 aliphatic heterocycles. The molecule has 8 heteroatoms. The molecule has 28 heavy (non-hydrogen) atoms. The van der Waals surface area contributed by atoms with Crippen LogP contribution in [0.25, 0.3) is 11.1 Å². The molecule has 1 amide bonds. The monoisotopic (exact) mass is 424 g/mol. The lowest BCUT2D eigenvalue weighted by molar-refractivity contribution is -0.137. The van der Waals surface area contributed by atoms with Gasteiger partial charge in [-0.1, -0.05) is 23.2 Å². The summed E-state index contributed by atoms with van der Waals surface area (Å²) in [5, 5.41) is 2.93. The van der Waals surface area contributed by atoms with E-state index < -0.39 is 17.6 Å². The van der Waals surface area contributed by atoms with Gasteiger partial charge < -0.3 is 5.32 Å². The van der Waals surface area contributed by atoms with Crippen molar-refractivity contribution < 1.29 is 18.0 Å². The first-order valence-electron chi connectivity index (χ1n) is 8.05. The number of rotatable bonds is 3. The van der Waals surface area contributed by atoms with Gasteiger partial charge in [-0.2, -0.15) is 13.2 Å². The van der Waals surface area contributed by atoms with E-state index in [-0.39, 0.29) is 21.3 Å². The largest absolute Gasteiger partial charge is 0.416 e. The van der Waals surface area contributed by atoms with Crippen molar-refractivity contribution in [2.24, 2.45) is 0 Å². The van der Waals surface area contributed by atoms with Gasteiger partial charge in [-0.15, -0.1) is 0 Å². The van der Waals surface area contributed by atoms with Crippen molar-refractivity contribution in [3.63, 3.8) is 0 Å². The molecule has 3 rings (SSSR count). The van der Waals surface area contributed by atoms with E-state index in [4.69, 9.17) is 23.2 Å². The van der Waals surface area contributed by atoms with Gasteiger partial charge in [0.2, 0.25) is 0 Å². The second-order valence-electron chi connectivity index (χ2n) is 6.07. The molecule has 144 valence electrons. The number of nitrogens with one attached hydrogen (secondary N) is 1. The molecular weight excluding hydrogens is 412 g/mol. The van der Waals surface area contributed by atoms with Crippen molar-refractivity contribution in [2.75, 3.05) is 5.32 Å². The van der Waals surface area contributed by atoms with Crippen LogP contribution in [0, 0.1) is 6.92 Å². The van der Waals surface area contributed by atoms with Gasteiger partial charge in [-0.05, 0) is 66.6 Å². The standard InChI is InChI=1S/C20H13Cl2F3N2O/c1-11-6-12(4-5-26-11)14-7-15(20(23,24)25)10-16(8-14)27-19(28)13-2-3-17(21)18(22)9-13/h2-10H,1H3,(H,27,28). The molecule has 0 unspecified atom stereocenters. The van der Waals surface area contributed by atoms with Crippen molar-refractivity contribution >= 4 is 34.8 Å². The number of aryl methyl sites for hydroxylation is 1. The Labute approximate surface area is 169 Å². The minimum absolute atomic E-state index is 0.00960. The number of alkyl halides is 3. The molecular formula is C20H13Cl2F3N2O. The van der Waals surface area contributed by atoms with Gasteiger partial charge in [0.25, 0.3) is 5.91 Å². The Kier molecular flexibility index (Phi) is 5.63. The van der Waals surface area contributed by atoms with E-state index in [2.05, 4.69) is 10.3 Å². The molecule has 0 fully saturated rings. The number of pyridine rings is 1. The third-order valence-electron chi connectivity index (χ3n) is 3.93. The van der Waals surface area contributed by atoms with Gasteiger partial charge in [0, 0.05) is 23.1 Å². The van der Waals surface area contributed by atoms with E-state index >= 15 is 0 Å². The van der Waals surface area contributed by atoms with Crippen LogP contribution in [-0.4, -0.2) is 10.9 Å². The van der Waals surface area contributed by atoms with Crippen molar-refractivity contribution in [2.45, 2.75) is 13.1 Å². The lowest BCUT2D eigenvalue weighted by atomic mass is 10.0. The first-order valence-corrected chi connectivity index (χ1v) is 8.81. The first kappa shape index (κ1) is 20.2. The smallest absolute Gasteiger partial charge is 0.322 e. The summed E-state index contributed by atoms with van der Waals surface area (Å²) in [7, 11) is 0. The van der Waals surface area contributed by atoms with Gasteiger partial charge >= 0.3 is 6.18 Å². The Morgan fingerprint density at radius 2 is 1.71 bits per heavy atom. The third kappa shape index (κ3) is 4.64. The van der Waals surface area contributed by atoms with Crippen LogP contribution in [-0.2, 0) is 6.18 Å². The Morgan fingerprint density at radius 1 is 0.964 bits per heavy atom. The average molecular weight is 425 g/mol. The fraction of sp³-hybridized carbons (Fsp3) is 0.100.